The lowest BCUT2D eigenvalue weighted by Gasteiger charge is -2.29. The quantitative estimate of drug-likeness (QED) is 0.206. The van der Waals surface area contributed by atoms with Gasteiger partial charge < -0.3 is 20.6 Å². The highest BCUT2D eigenvalue weighted by molar-refractivity contribution is 5.94. The van der Waals surface area contributed by atoms with Gasteiger partial charge in [0.2, 0.25) is 5.95 Å². The Kier molecular flexibility index (Phi) is 12.6. The maximum Gasteiger partial charge on any atom is 0.490 e. The number of nitrogens with zero attached hydrogens (tertiary/aromatic N) is 3. The van der Waals surface area contributed by atoms with Gasteiger partial charge in [-0.3, -0.25) is 4.79 Å². The fraction of sp³-hybridized carbons (Fsp3) is 0.500. The zero-order valence-corrected chi connectivity index (χ0v) is 25.1. The summed E-state index contributed by atoms with van der Waals surface area (Å²) in [6, 6.07) is 16.7. The summed E-state index contributed by atoms with van der Waals surface area (Å²) in [5.41, 5.74) is 3.04. The van der Waals surface area contributed by atoms with Gasteiger partial charge in [-0.1, -0.05) is 50.5 Å². The zero-order valence-electron chi connectivity index (χ0n) is 25.1. The summed E-state index contributed by atoms with van der Waals surface area (Å²) >= 11 is 0. The first kappa shape index (κ1) is 33.6. The molecule has 0 bridgehead atoms. The highest BCUT2D eigenvalue weighted by Crippen LogP contribution is 2.28. The molecule has 8 nitrogen and oxygen atoms in total. The van der Waals surface area contributed by atoms with Crippen molar-refractivity contribution in [2.75, 3.05) is 30.9 Å². The van der Waals surface area contributed by atoms with E-state index in [4.69, 9.17) is 19.9 Å². The maximum atomic E-state index is 12.7. The summed E-state index contributed by atoms with van der Waals surface area (Å²) in [5, 5.41) is 14.9. The number of benzene rings is 2. The molecule has 1 aliphatic carbocycles. The molecular weight excluding hydrogens is 559 g/mol. The van der Waals surface area contributed by atoms with E-state index in [0.29, 0.717) is 17.9 Å². The molecule has 2 aromatic carbocycles. The molecule has 0 atom stereocenters. The SMILES string of the molecule is CCCCCCc1ccc(C(=O)NCC2CCC(Nc3nc(N(C)C)c4ccccc4n3)CC2)cc1.O=C(O)C(F)(F)F. The molecule has 0 aliphatic heterocycles. The number of carbonyl (C=O) groups excluding carboxylic acids is 1. The van der Waals surface area contributed by atoms with E-state index in [2.05, 4.69) is 35.8 Å². The number of carbonyl (C=O) groups is 2. The van der Waals surface area contributed by atoms with Crippen molar-refractivity contribution >= 4 is 34.5 Å². The lowest BCUT2D eigenvalue weighted by Crippen LogP contribution is -2.34. The fourth-order valence-corrected chi connectivity index (χ4v) is 5.08. The number of carboxylic acids is 1. The van der Waals surface area contributed by atoms with Gasteiger partial charge in [-0.2, -0.15) is 18.2 Å². The molecular formula is C32H42F3N5O3. The number of unbranched alkanes of at least 4 members (excludes halogenated alkanes) is 3. The summed E-state index contributed by atoms with van der Waals surface area (Å²) in [5.74, 6) is -0.576. The zero-order chi connectivity index (χ0) is 31.4. The van der Waals surface area contributed by atoms with E-state index in [1.165, 1.54) is 31.2 Å². The molecule has 11 heteroatoms. The number of aromatic nitrogens is 2. The molecule has 3 aromatic rings. The molecule has 1 amide bonds. The molecule has 0 spiro atoms. The van der Waals surface area contributed by atoms with Crippen LogP contribution in [0.1, 0.15) is 74.2 Å². The number of nitrogens with one attached hydrogen (secondary N) is 2. The van der Waals surface area contributed by atoms with E-state index in [9.17, 15) is 18.0 Å². The Morgan fingerprint density at radius 3 is 2.21 bits per heavy atom. The van der Waals surface area contributed by atoms with Gasteiger partial charge in [-0.05, 0) is 74.3 Å². The highest BCUT2D eigenvalue weighted by atomic mass is 19.4. The Labute approximate surface area is 251 Å². The van der Waals surface area contributed by atoms with Crippen LogP contribution in [-0.2, 0) is 11.2 Å². The number of alkyl halides is 3. The van der Waals surface area contributed by atoms with E-state index in [0.717, 1.165) is 60.9 Å². The van der Waals surface area contributed by atoms with Gasteiger partial charge in [0, 0.05) is 37.6 Å². The number of anilines is 2. The average Bonchev–Trinajstić information content (AvgIpc) is 2.98. The van der Waals surface area contributed by atoms with Crippen LogP contribution in [0.3, 0.4) is 0 Å². The van der Waals surface area contributed by atoms with E-state index in [-0.39, 0.29) is 5.91 Å². The number of aliphatic carboxylic acids is 1. The third-order valence-corrected chi connectivity index (χ3v) is 7.52. The second kappa shape index (κ2) is 16.1. The summed E-state index contributed by atoms with van der Waals surface area (Å²) in [7, 11) is 4.03. The maximum absolute atomic E-state index is 12.7. The molecule has 1 aliphatic rings. The van der Waals surface area contributed by atoms with Gasteiger partial charge in [0.15, 0.2) is 0 Å². The van der Waals surface area contributed by atoms with Gasteiger partial charge in [-0.15, -0.1) is 0 Å². The lowest BCUT2D eigenvalue weighted by atomic mass is 9.86. The van der Waals surface area contributed by atoms with Crippen molar-refractivity contribution in [2.45, 2.75) is 76.9 Å². The number of aryl methyl sites for hydroxylation is 1. The Balaban J connectivity index is 0.000000646. The number of halogens is 3. The second-order valence-corrected chi connectivity index (χ2v) is 11.2. The number of amides is 1. The average molecular weight is 602 g/mol. The van der Waals surface area contributed by atoms with Crippen LogP contribution in [0, 0.1) is 5.92 Å². The van der Waals surface area contributed by atoms with Crippen LogP contribution in [0.15, 0.2) is 48.5 Å². The van der Waals surface area contributed by atoms with Gasteiger partial charge in [0.1, 0.15) is 5.82 Å². The molecule has 0 unspecified atom stereocenters. The van der Waals surface area contributed by atoms with Gasteiger partial charge in [-0.25, -0.2) is 9.78 Å². The van der Waals surface area contributed by atoms with Crippen LogP contribution >= 0.6 is 0 Å². The third-order valence-electron chi connectivity index (χ3n) is 7.52. The van der Waals surface area contributed by atoms with Gasteiger partial charge in [0.05, 0.1) is 5.52 Å². The molecule has 234 valence electrons. The van der Waals surface area contributed by atoms with Crippen LogP contribution in [0.25, 0.3) is 10.9 Å². The lowest BCUT2D eigenvalue weighted by molar-refractivity contribution is -0.192. The highest BCUT2D eigenvalue weighted by Gasteiger charge is 2.38. The van der Waals surface area contributed by atoms with Crippen LogP contribution in [0.2, 0.25) is 0 Å². The molecule has 0 saturated heterocycles. The largest absolute Gasteiger partial charge is 0.490 e. The molecule has 0 radical (unpaired) electrons. The Bertz CT molecular complexity index is 1320. The molecule has 3 N–H and O–H groups in total. The Morgan fingerprint density at radius 1 is 0.953 bits per heavy atom. The van der Waals surface area contributed by atoms with Gasteiger partial charge >= 0.3 is 12.1 Å². The van der Waals surface area contributed by atoms with Crippen LogP contribution in [0.5, 0.6) is 0 Å². The monoisotopic (exact) mass is 601 g/mol. The molecule has 1 heterocycles. The van der Waals surface area contributed by atoms with Crippen molar-refractivity contribution in [1.29, 1.82) is 0 Å². The topological polar surface area (TPSA) is 107 Å². The third kappa shape index (κ3) is 10.7. The molecule has 4 rings (SSSR count). The van der Waals surface area contributed by atoms with Crippen LogP contribution in [-0.4, -0.2) is 59.8 Å². The molecule has 43 heavy (non-hydrogen) atoms. The van der Waals surface area contributed by atoms with Crippen molar-refractivity contribution in [3.8, 4) is 0 Å². The minimum Gasteiger partial charge on any atom is -0.475 e. The number of hydrogen-bond donors (Lipinski definition) is 3. The Morgan fingerprint density at radius 2 is 1.60 bits per heavy atom. The number of rotatable bonds is 11. The molecule has 1 aromatic heterocycles. The standard InChI is InChI=1S/C30H41N5O.C2HF3O2/c1-4-5-6-7-10-22-13-17-24(18-14-22)29(36)31-21-23-15-19-25(20-16-23)32-30-33-27-12-9-8-11-26(27)28(34-30)35(2)3;3-2(4,5)1(6)7/h8-9,11-14,17-18,23,25H,4-7,10,15-16,19-21H2,1-3H3,(H,31,36)(H,32,33,34);(H,6,7). The predicted molar refractivity (Wildman–Crippen MR) is 164 cm³/mol. The van der Waals surface area contributed by atoms with E-state index in [1.807, 2.05) is 49.3 Å². The van der Waals surface area contributed by atoms with Crippen molar-refractivity contribution in [3.63, 3.8) is 0 Å². The number of fused-ring (bicyclic) bond motifs is 1. The first-order valence-corrected chi connectivity index (χ1v) is 14.9. The normalized spacial score (nSPS) is 16.6. The van der Waals surface area contributed by atoms with Crippen molar-refractivity contribution in [2.24, 2.45) is 5.92 Å². The van der Waals surface area contributed by atoms with Gasteiger partial charge in [0.25, 0.3) is 5.91 Å². The molecule has 1 fully saturated rings. The molecule has 1 saturated carbocycles. The number of para-hydroxylation sites is 1. The first-order valence-electron chi connectivity index (χ1n) is 14.9. The fourth-order valence-electron chi connectivity index (χ4n) is 5.08. The summed E-state index contributed by atoms with van der Waals surface area (Å²) in [6.45, 7) is 2.97. The van der Waals surface area contributed by atoms with E-state index in [1.54, 1.807) is 0 Å². The van der Waals surface area contributed by atoms with E-state index >= 15 is 0 Å². The minimum absolute atomic E-state index is 0.0357. The predicted octanol–water partition coefficient (Wildman–Crippen LogP) is 6.85. The van der Waals surface area contributed by atoms with Crippen molar-refractivity contribution in [3.05, 3.63) is 59.7 Å². The first-order chi connectivity index (χ1) is 20.5. The second-order valence-electron chi connectivity index (χ2n) is 11.2. The smallest absolute Gasteiger partial charge is 0.475 e. The van der Waals surface area contributed by atoms with Crippen LogP contribution < -0.4 is 15.5 Å². The van der Waals surface area contributed by atoms with Crippen LogP contribution in [0.4, 0.5) is 24.9 Å². The summed E-state index contributed by atoms with van der Waals surface area (Å²) < 4.78 is 31.7. The van der Waals surface area contributed by atoms with Crippen molar-refractivity contribution < 1.29 is 27.9 Å². The number of hydrogen-bond acceptors (Lipinski definition) is 6. The number of carboxylic acid groups (broad SMARTS) is 1. The summed E-state index contributed by atoms with van der Waals surface area (Å²) in [4.78, 5) is 33.1. The van der Waals surface area contributed by atoms with Crippen molar-refractivity contribution in [1.82, 2.24) is 15.3 Å². The van der Waals surface area contributed by atoms with E-state index < -0.39 is 12.1 Å². The minimum atomic E-state index is -5.08. The Hall–Kier alpha value is -3.89. The summed E-state index contributed by atoms with van der Waals surface area (Å²) in [6.07, 6.45) is 5.36.